The molecule has 1 heteroatoms. The summed E-state index contributed by atoms with van der Waals surface area (Å²) in [6, 6.07) is 0. The van der Waals surface area contributed by atoms with E-state index in [1.165, 1.54) is 25.7 Å². The van der Waals surface area contributed by atoms with E-state index in [2.05, 4.69) is 27.7 Å². The lowest BCUT2D eigenvalue weighted by Crippen LogP contribution is -2.56. The summed E-state index contributed by atoms with van der Waals surface area (Å²) < 4.78 is 0. The van der Waals surface area contributed by atoms with E-state index in [1.54, 1.807) is 0 Å². The number of hydrogen-bond donors (Lipinski definition) is 1. The Labute approximate surface area is 101 Å². The third-order valence-electron chi connectivity index (χ3n) is 6.14. The highest BCUT2D eigenvalue weighted by Crippen LogP contribution is 2.61. The first-order chi connectivity index (χ1) is 7.20. The van der Waals surface area contributed by atoms with Crippen LogP contribution >= 0.6 is 0 Å². The fourth-order valence-corrected chi connectivity index (χ4v) is 4.77. The minimum Gasteiger partial charge on any atom is -0.390 e. The van der Waals surface area contributed by atoms with Gasteiger partial charge in [0, 0.05) is 0 Å². The Morgan fingerprint density at radius 1 is 1.00 bits per heavy atom. The van der Waals surface area contributed by atoms with Gasteiger partial charge in [0.25, 0.3) is 0 Å². The molecule has 4 atom stereocenters. The Bertz CT molecular complexity index is 279. The smallest absolute Gasteiger partial charge is 0.0650 e. The van der Waals surface area contributed by atoms with Gasteiger partial charge in [0.15, 0.2) is 0 Å². The molecule has 0 spiro atoms. The molecular formula is C15H28O. The Morgan fingerprint density at radius 3 is 2.25 bits per heavy atom. The van der Waals surface area contributed by atoms with Crippen LogP contribution in [0.25, 0.3) is 0 Å². The number of hydrogen-bond acceptors (Lipinski definition) is 1. The lowest BCUT2D eigenvalue weighted by Gasteiger charge is -2.60. The van der Waals surface area contributed by atoms with Crippen molar-refractivity contribution in [3.8, 4) is 0 Å². The zero-order chi connectivity index (χ0) is 12.2. The molecule has 2 fully saturated rings. The summed E-state index contributed by atoms with van der Waals surface area (Å²) in [7, 11) is 0. The topological polar surface area (TPSA) is 20.2 Å². The van der Waals surface area contributed by atoms with E-state index in [0.717, 1.165) is 12.3 Å². The molecule has 16 heavy (non-hydrogen) atoms. The van der Waals surface area contributed by atoms with Crippen LogP contribution in [0.5, 0.6) is 0 Å². The standard InChI is InChI=1S/C15H28O/c1-11-14(4)9-6-8-13(2,3)12(14)7-10-15(11,5)16/h11-12,16H,6-10H2,1-5H3/t11-,12?,14-,15+/m1/s1. The van der Waals surface area contributed by atoms with E-state index in [4.69, 9.17) is 0 Å². The van der Waals surface area contributed by atoms with Gasteiger partial charge in [-0.25, -0.2) is 0 Å². The summed E-state index contributed by atoms with van der Waals surface area (Å²) in [6.07, 6.45) is 6.19. The van der Waals surface area contributed by atoms with Gasteiger partial charge >= 0.3 is 0 Å². The highest BCUT2D eigenvalue weighted by atomic mass is 16.3. The van der Waals surface area contributed by atoms with E-state index < -0.39 is 5.60 Å². The van der Waals surface area contributed by atoms with Gasteiger partial charge in [-0.05, 0) is 55.3 Å². The van der Waals surface area contributed by atoms with Crippen molar-refractivity contribution in [2.24, 2.45) is 22.7 Å². The molecule has 94 valence electrons. The van der Waals surface area contributed by atoms with E-state index in [0.29, 0.717) is 16.7 Å². The second-order valence-electron chi connectivity index (χ2n) is 7.52. The van der Waals surface area contributed by atoms with Crippen molar-refractivity contribution >= 4 is 0 Å². The predicted octanol–water partition coefficient (Wildman–Crippen LogP) is 4.00. The largest absolute Gasteiger partial charge is 0.390 e. The van der Waals surface area contributed by atoms with Gasteiger partial charge < -0.3 is 5.11 Å². The quantitative estimate of drug-likeness (QED) is 0.659. The van der Waals surface area contributed by atoms with Gasteiger partial charge in [0.1, 0.15) is 0 Å². The molecular weight excluding hydrogens is 196 g/mol. The molecule has 0 aromatic heterocycles. The van der Waals surface area contributed by atoms with Crippen molar-refractivity contribution in [3.63, 3.8) is 0 Å². The first-order valence-electron chi connectivity index (χ1n) is 6.92. The maximum atomic E-state index is 10.5. The summed E-state index contributed by atoms with van der Waals surface area (Å²) in [6.45, 7) is 11.6. The number of aliphatic hydroxyl groups is 1. The van der Waals surface area contributed by atoms with Gasteiger partial charge in [-0.2, -0.15) is 0 Å². The van der Waals surface area contributed by atoms with Crippen LogP contribution in [-0.4, -0.2) is 10.7 Å². The summed E-state index contributed by atoms with van der Waals surface area (Å²) in [5, 5.41) is 10.5. The molecule has 0 aromatic carbocycles. The number of rotatable bonds is 0. The Hall–Kier alpha value is -0.0400. The first-order valence-corrected chi connectivity index (χ1v) is 6.92. The van der Waals surface area contributed by atoms with Crippen molar-refractivity contribution in [3.05, 3.63) is 0 Å². The van der Waals surface area contributed by atoms with Gasteiger partial charge in [-0.1, -0.05) is 34.1 Å². The van der Waals surface area contributed by atoms with Crippen molar-refractivity contribution < 1.29 is 5.11 Å². The second kappa shape index (κ2) is 3.48. The molecule has 0 amide bonds. The summed E-state index contributed by atoms with van der Waals surface area (Å²) in [5.74, 6) is 1.22. The van der Waals surface area contributed by atoms with Crippen molar-refractivity contribution in [1.82, 2.24) is 0 Å². The second-order valence-corrected chi connectivity index (χ2v) is 7.52. The van der Waals surface area contributed by atoms with Gasteiger partial charge in [-0.15, -0.1) is 0 Å². The van der Waals surface area contributed by atoms with Crippen LogP contribution in [0.3, 0.4) is 0 Å². The van der Waals surface area contributed by atoms with Crippen molar-refractivity contribution in [2.75, 3.05) is 0 Å². The van der Waals surface area contributed by atoms with Crippen LogP contribution in [0.2, 0.25) is 0 Å². The molecule has 2 rings (SSSR count). The van der Waals surface area contributed by atoms with E-state index in [-0.39, 0.29) is 0 Å². The average Bonchev–Trinajstić information content (AvgIpc) is 2.12. The zero-order valence-electron chi connectivity index (χ0n) is 11.6. The summed E-state index contributed by atoms with van der Waals surface area (Å²) in [4.78, 5) is 0. The Kier molecular flexibility index (Phi) is 2.70. The molecule has 1 nitrogen and oxygen atoms in total. The normalized spacial score (nSPS) is 52.1. The SMILES string of the molecule is C[C@H]1[C@@](C)(O)CCC2C(C)(C)CCC[C@@]21C. The van der Waals surface area contributed by atoms with Gasteiger partial charge in [0.05, 0.1) is 5.60 Å². The van der Waals surface area contributed by atoms with E-state index >= 15 is 0 Å². The van der Waals surface area contributed by atoms with Crippen molar-refractivity contribution in [1.29, 1.82) is 0 Å². The van der Waals surface area contributed by atoms with Crippen LogP contribution < -0.4 is 0 Å². The lowest BCUT2D eigenvalue weighted by molar-refractivity contribution is -0.160. The van der Waals surface area contributed by atoms with Crippen LogP contribution in [0.4, 0.5) is 0 Å². The zero-order valence-corrected chi connectivity index (χ0v) is 11.6. The first kappa shape index (κ1) is 12.4. The third-order valence-corrected chi connectivity index (χ3v) is 6.14. The Balaban J connectivity index is 2.34. The fraction of sp³-hybridized carbons (Fsp3) is 1.00. The Morgan fingerprint density at radius 2 is 1.62 bits per heavy atom. The van der Waals surface area contributed by atoms with Crippen LogP contribution in [-0.2, 0) is 0 Å². The van der Waals surface area contributed by atoms with Crippen LogP contribution in [0, 0.1) is 22.7 Å². The molecule has 2 aliphatic rings. The third kappa shape index (κ3) is 1.63. The van der Waals surface area contributed by atoms with Gasteiger partial charge in [0.2, 0.25) is 0 Å². The molecule has 0 bridgehead atoms. The maximum Gasteiger partial charge on any atom is 0.0650 e. The molecule has 1 N–H and O–H groups in total. The van der Waals surface area contributed by atoms with E-state index in [9.17, 15) is 5.11 Å². The predicted molar refractivity (Wildman–Crippen MR) is 68.3 cm³/mol. The maximum absolute atomic E-state index is 10.5. The average molecular weight is 224 g/mol. The minimum atomic E-state index is -0.446. The molecule has 0 heterocycles. The molecule has 0 saturated heterocycles. The molecule has 1 unspecified atom stereocenters. The summed E-state index contributed by atoms with van der Waals surface area (Å²) in [5.41, 5.74) is 0.375. The van der Waals surface area contributed by atoms with Crippen LogP contribution in [0.15, 0.2) is 0 Å². The number of fused-ring (bicyclic) bond motifs is 1. The highest BCUT2D eigenvalue weighted by molar-refractivity contribution is 5.05. The molecule has 2 saturated carbocycles. The fourth-order valence-electron chi connectivity index (χ4n) is 4.77. The molecule has 0 aliphatic heterocycles. The molecule has 0 radical (unpaired) electrons. The van der Waals surface area contributed by atoms with E-state index in [1.807, 2.05) is 6.92 Å². The lowest BCUT2D eigenvalue weighted by atomic mass is 9.46. The molecule has 0 aromatic rings. The van der Waals surface area contributed by atoms with Crippen molar-refractivity contribution in [2.45, 2.75) is 72.3 Å². The highest BCUT2D eigenvalue weighted by Gasteiger charge is 2.56. The summed E-state index contributed by atoms with van der Waals surface area (Å²) >= 11 is 0. The monoisotopic (exact) mass is 224 g/mol. The van der Waals surface area contributed by atoms with Gasteiger partial charge in [-0.3, -0.25) is 0 Å². The minimum absolute atomic E-state index is 0.351. The van der Waals surface area contributed by atoms with Crippen LogP contribution in [0.1, 0.15) is 66.7 Å². The molecule has 2 aliphatic carbocycles.